The summed E-state index contributed by atoms with van der Waals surface area (Å²) in [6.07, 6.45) is 5.91. The molecular weight excluding hydrogens is 542 g/mol. The summed E-state index contributed by atoms with van der Waals surface area (Å²) < 4.78 is 7.43. The zero-order valence-corrected chi connectivity index (χ0v) is 26.4. The van der Waals surface area contributed by atoms with Crippen molar-refractivity contribution in [3.63, 3.8) is 0 Å². The monoisotopic (exact) mass is 589 g/mol. The highest BCUT2D eigenvalue weighted by Gasteiger charge is 2.30. The van der Waals surface area contributed by atoms with Crippen LogP contribution in [-0.4, -0.2) is 63.3 Å². The maximum Gasteiger partial charge on any atom is 0.250 e. The van der Waals surface area contributed by atoms with Gasteiger partial charge in [0.05, 0.1) is 30.8 Å². The topological polar surface area (TPSA) is 120 Å². The van der Waals surface area contributed by atoms with E-state index in [9.17, 15) is 14.4 Å². The van der Waals surface area contributed by atoms with E-state index in [4.69, 9.17) is 10.5 Å². The molecule has 1 aliphatic heterocycles. The van der Waals surface area contributed by atoms with E-state index in [1.54, 1.807) is 20.2 Å². The Morgan fingerprint density at radius 3 is 2.30 bits per heavy atom. The van der Waals surface area contributed by atoms with Gasteiger partial charge in [0, 0.05) is 19.3 Å². The van der Waals surface area contributed by atoms with E-state index < -0.39 is 11.6 Å². The van der Waals surface area contributed by atoms with E-state index in [2.05, 4.69) is 36.3 Å². The molecule has 3 N–H and O–H groups in total. The number of hydrogen-bond acceptors (Lipinski definition) is 6. The van der Waals surface area contributed by atoms with Crippen LogP contribution in [0.25, 0.3) is 0 Å². The molecule has 9 nitrogen and oxygen atoms in total. The lowest BCUT2D eigenvalue weighted by molar-refractivity contribution is -0.135. The molecular formula is C34H47N5O4. The van der Waals surface area contributed by atoms with Crippen molar-refractivity contribution >= 4 is 17.6 Å². The molecule has 2 unspecified atom stereocenters. The number of nitrogens with two attached hydrogens (primary N) is 1. The Hall–Kier alpha value is -3.82. The Labute approximate surface area is 255 Å². The maximum atomic E-state index is 13.2. The summed E-state index contributed by atoms with van der Waals surface area (Å²) in [5.74, 6) is 0.364. The van der Waals surface area contributed by atoms with Gasteiger partial charge in [0.25, 0.3) is 0 Å². The van der Waals surface area contributed by atoms with Crippen molar-refractivity contribution in [1.82, 2.24) is 19.8 Å². The number of piperidine rings is 1. The molecule has 232 valence electrons. The maximum absolute atomic E-state index is 13.2. The number of ether oxygens (including phenoxy) is 1. The molecule has 0 aliphatic carbocycles. The molecule has 0 saturated carbocycles. The molecule has 0 spiro atoms. The summed E-state index contributed by atoms with van der Waals surface area (Å²) in [4.78, 5) is 42.8. The van der Waals surface area contributed by atoms with Gasteiger partial charge in [-0.1, -0.05) is 67.1 Å². The number of benzene rings is 2. The van der Waals surface area contributed by atoms with Crippen molar-refractivity contribution in [1.29, 1.82) is 0 Å². The highest BCUT2D eigenvalue weighted by atomic mass is 16.5. The van der Waals surface area contributed by atoms with Crippen LogP contribution in [0.2, 0.25) is 0 Å². The number of nitrogens with one attached hydrogen (secondary N) is 1. The van der Waals surface area contributed by atoms with Crippen LogP contribution in [-0.2, 0) is 25.7 Å². The third kappa shape index (κ3) is 10.4. The first-order chi connectivity index (χ1) is 20.3. The Balaban J connectivity index is 0.000000238. The molecule has 1 fully saturated rings. The van der Waals surface area contributed by atoms with Gasteiger partial charge >= 0.3 is 0 Å². The van der Waals surface area contributed by atoms with Crippen molar-refractivity contribution in [3.05, 3.63) is 89.5 Å². The van der Waals surface area contributed by atoms with E-state index in [1.807, 2.05) is 65.1 Å². The average molecular weight is 590 g/mol. The van der Waals surface area contributed by atoms with Crippen LogP contribution >= 0.6 is 0 Å². The van der Waals surface area contributed by atoms with Gasteiger partial charge < -0.3 is 25.3 Å². The van der Waals surface area contributed by atoms with Crippen LogP contribution < -0.4 is 11.1 Å². The summed E-state index contributed by atoms with van der Waals surface area (Å²) in [7, 11) is 0. The fourth-order valence-corrected chi connectivity index (χ4v) is 4.74. The van der Waals surface area contributed by atoms with Gasteiger partial charge in [-0.25, -0.2) is 4.98 Å². The van der Waals surface area contributed by atoms with Crippen molar-refractivity contribution < 1.29 is 19.1 Å². The van der Waals surface area contributed by atoms with Crippen LogP contribution in [0.15, 0.2) is 67.1 Å². The third-order valence-electron chi connectivity index (χ3n) is 7.49. The number of rotatable bonds is 10. The fraction of sp³-hybridized carbons (Fsp3) is 0.471. The van der Waals surface area contributed by atoms with Gasteiger partial charge in [-0.15, -0.1) is 0 Å². The number of amides is 2. The van der Waals surface area contributed by atoms with Gasteiger partial charge in [-0.3, -0.25) is 14.4 Å². The number of hydrogen-bond donors (Lipinski definition) is 2. The summed E-state index contributed by atoms with van der Waals surface area (Å²) in [5, 5.41) is 2.60. The molecule has 3 aromatic rings. The highest BCUT2D eigenvalue weighted by molar-refractivity contribution is 5.91. The second kappa shape index (κ2) is 15.6. The Bertz CT molecular complexity index is 1340. The predicted octanol–water partition coefficient (Wildman–Crippen LogP) is 4.36. The minimum atomic E-state index is -1.02. The molecule has 2 heterocycles. The van der Waals surface area contributed by atoms with Crippen LogP contribution in [0.1, 0.15) is 69.0 Å². The highest BCUT2D eigenvalue weighted by Crippen LogP contribution is 2.25. The normalized spacial score (nSPS) is 15.2. The van der Waals surface area contributed by atoms with Crippen LogP contribution in [0, 0.1) is 19.8 Å². The second-order valence-electron chi connectivity index (χ2n) is 12.1. The first-order valence-electron chi connectivity index (χ1n) is 14.9. The summed E-state index contributed by atoms with van der Waals surface area (Å²) in [5.41, 5.74) is 8.81. The summed E-state index contributed by atoms with van der Waals surface area (Å²) in [6.45, 7) is 13.1. The van der Waals surface area contributed by atoms with Crippen molar-refractivity contribution in [3.8, 4) is 0 Å². The largest absolute Gasteiger partial charge is 0.374 e. The molecule has 1 saturated heterocycles. The molecule has 43 heavy (non-hydrogen) atoms. The minimum Gasteiger partial charge on any atom is -0.374 e. The Morgan fingerprint density at radius 2 is 1.74 bits per heavy atom. The van der Waals surface area contributed by atoms with Crippen molar-refractivity contribution in [2.45, 2.75) is 78.6 Å². The smallest absolute Gasteiger partial charge is 0.250 e. The molecule has 2 aromatic carbocycles. The van der Waals surface area contributed by atoms with E-state index in [0.717, 1.165) is 42.8 Å². The quantitative estimate of drug-likeness (QED) is 0.363. The van der Waals surface area contributed by atoms with E-state index in [0.29, 0.717) is 12.5 Å². The number of aryl methyl sites for hydroxylation is 2. The van der Waals surface area contributed by atoms with Gasteiger partial charge in [0.1, 0.15) is 12.1 Å². The van der Waals surface area contributed by atoms with Crippen LogP contribution in [0.3, 0.4) is 0 Å². The van der Waals surface area contributed by atoms with E-state index >= 15 is 0 Å². The van der Waals surface area contributed by atoms with Crippen molar-refractivity contribution in [2.75, 3.05) is 19.7 Å². The van der Waals surface area contributed by atoms with Gasteiger partial charge in [0.15, 0.2) is 5.78 Å². The second-order valence-corrected chi connectivity index (χ2v) is 12.1. The lowest BCUT2D eigenvalue weighted by Crippen LogP contribution is -2.54. The first-order valence-corrected chi connectivity index (χ1v) is 14.9. The molecule has 0 bridgehead atoms. The third-order valence-corrected chi connectivity index (χ3v) is 7.49. The zero-order valence-electron chi connectivity index (χ0n) is 26.4. The number of aromatic nitrogens is 2. The Kier molecular flexibility index (Phi) is 12.2. The van der Waals surface area contributed by atoms with Crippen LogP contribution in [0.4, 0.5) is 0 Å². The van der Waals surface area contributed by atoms with E-state index in [1.165, 1.54) is 12.5 Å². The number of ketones is 1. The SMILES string of the molecule is CC(=O)C(COCc1ccccc1)NC(=O)C(C)(C)N.Cc1cccc(C(C(=O)N2CCC(C)CC2)n2cnc(C)c2)c1. The van der Waals surface area contributed by atoms with Crippen molar-refractivity contribution in [2.24, 2.45) is 11.7 Å². The molecule has 2 atom stereocenters. The number of imidazole rings is 1. The predicted molar refractivity (Wildman–Crippen MR) is 168 cm³/mol. The molecule has 9 heteroatoms. The lowest BCUT2D eigenvalue weighted by atomic mass is 9.97. The lowest BCUT2D eigenvalue weighted by Gasteiger charge is -2.33. The number of carbonyl (C=O) groups excluding carboxylic acids is 3. The van der Waals surface area contributed by atoms with Crippen LogP contribution in [0.5, 0.6) is 0 Å². The van der Waals surface area contributed by atoms with Gasteiger partial charge in [-0.05, 0) is 64.5 Å². The molecule has 0 radical (unpaired) electrons. The molecule has 1 aliphatic rings. The fourth-order valence-electron chi connectivity index (χ4n) is 4.74. The number of likely N-dealkylation sites (tertiary alicyclic amines) is 1. The summed E-state index contributed by atoms with van der Waals surface area (Å²) in [6, 6.07) is 16.9. The molecule has 1 aromatic heterocycles. The molecule has 2 amide bonds. The first kappa shape index (κ1) is 33.7. The molecule has 4 rings (SSSR count). The zero-order chi connectivity index (χ0) is 31.6. The minimum absolute atomic E-state index is 0.131. The summed E-state index contributed by atoms with van der Waals surface area (Å²) >= 11 is 0. The Morgan fingerprint density at radius 1 is 1.07 bits per heavy atom. The van der Waals surface area contributed by atoms with Gasteiger partial charge in [-0.2, -0.15) is 0 Å². The average Bonchev–Trinajstić information content (AvgIpc) is 3.38. The number of carbonyl (C=O) groups is 3. The number of Topliss-reactive ketones (excluding diaryl/α,β-unsaturated/α-hetero) is 1. The number of nitrogens with zero attached hydrogens (tertiary/aromatic N) is 3. The van der Waals surface area contributed by atoms with E-state index in [-0.39, 0.29) is 30.2 Å². The van der Waals surface area contributed by atoms with Gasteiger partial charge in [0.2, 0.25) is 11.8 Å². The standard InChI is InChI=1S/C19H25N3O.C15H22N2O3/c1-14-7-9-21(10-8-14)19(23)18(22-12-16(3)20-13-22)17-6-4-5-15(2)11-17;1-11(18)13(17-14(19)15(2,3)16)10-20-9-12-7-5-4-6-8-12/h4-6,11-14,18H,7-10H2,1-3H3;4-8,13H,9-10,16H2,1-3H3,(H,17,19).